The van der Waals surface area contributed by atoms with Crippen molar-refractivity contribution in [1.82, 2.24) is 10.3 Å². The minimum Gasteiger partial charge on any atom is -0.450 e. The van der Waals surface area contributed by atoms with Crippen LogP contribution in [0.15, 0.2) is 30.5 Å². The number of hydrogen-bond acceptors (Lipinski definition) is 3. The van der Waals surface area contributed by atoms with Gasteiger partial charge in [0, 0.05) is 11.6 Å². The van der Waals surface area contributed by atoms with Crippen LogP contribution >= 0.6 is 0 Å². The summed E-state index contributed by atoms with van der Waals surface area (Å²) in [6.45, 7) is 0.954. The molecule has 0 spiro atoms. The molecule has 1 radical (unpaired) electrons. The number of nitrogens with one attached hydrogen (secondary N) is 1. The molecule has 0 saturated carbocycles. The van der Waals surface area contributed by atoms with Crippen LogP contribution < -0.4 is 10.8 Å². The molecule has 1 aromatic carbocycles. The summed E-state index contributed by atoms with van der Waals surface area (Å²) in [5.74, 6) is 0. The molecule has 0 bridgehead atoms. The van der Waals surface area contributed by atoms with Crippen LogP contribution in [-0.4, -0.2) is 31.1 Å². The summed E-state index contributed by atoms with van der Waals surface area (Å²) in [6, 6.07) is 7.87. The fourth-order valence-corrected chi connectivity index (χ4v) is 1.67. The highest BCUT2D eigenvalue weighted by Crippen LogP contribution is 2.11. The van der Waals surface area contributed by atoms with Gasteiger partial charge in [0.05, 0.1) is 5.52 Å². The average Bonchev–Trinajstić information content (AvgIpc) is 2.35. The van der Waals surface area contributed by atoms with Crippen LogP contribution in [0.4, 0.5) is 0 Å². The molecule has 2 rings (SSSR count). The molecule has 4 heteroatoms. The summed E-state index contributed by atoms with van der Waals surface area (Å²) >= 11 is 0. The van der Waals surface area contributed by atoms with Crippen molar-refractivity contribution in [3.05, 3.63) is 36.0 Å². The zero-order chi connectivity index (χ0) is 11.4. The van der Waals surface area contributed by atoms with Crippen LogP contribution in [0, 0.1) is 0 Å². The average molecular weight is 213 g/mol. The van der Waals surface area contributed by atoms with Crippen LogP contribution in [0.2, 0.25) is 0 Å². The van der Waals surface area contributed by atoms with Crippen molar-refractivity contribution in [2.75, 3.05) is 13.6 Å². The molecule has 0 aliphatic carbocycles. The van der Waals surface area contributed by atoms with Crippen molar-refractivity contribution in [3.8, 4) is 0 Å². The SMILES string of the molecule is CNCCc1cnc2cc([B]O)ccc2c1. The van der Waals surface area contributed by atoms with E-state index in [1.165, 1.54) is 5.56 Å². The minimum atomic E-state index is 0.781. The molecule has 0 saturated heterocycles. The molecule has 0 unspecified atom stereocenters. The number of rotatable bonds is 4. The van der Waals surface area contributed by atoms with E-state index in [0.717, 1.165) is 36.8 Å². The fraction of sp³-hybridized carbons (Fsp3) is 0.250. The Hall–Kier alpha value is -1.39. The molecule has 2 aromatic rings. The second kappa shape index (κ2) is 5.10. The Morgan fingerprint density at radius 1 is 1.38 bits per heavy atom. The number of fused-ring (bicyclic) bond motifs is 1. The fourth-order valence-electron chi connectivity index (χ4n) is 1.67. The normalized spacial score (nSPS) is 10.6. The molecule has 2 N–H and O–H groups in total. The smallest absolute Gasteiger partial charge is 0.326 e. The van der Waals surface area contributed by atoms with E-state index in [0.29, 0.717) is 0 Å². The van der Waals surface area contributed by atoms with Gasteiger partial charge in [-0.2, -0.15) is 0 Å². The molecule has 0 atom stereocenters. The van der Waals surface area contributed by atoms with Gasteiger partial charge in [-0.25, -0.2) is 0 Å². The molecule has 81 valence electrons. The summed E-state index contributed by atoms with van der Waals surface area (Å²) in [7, 11) is 3.04. The van der Waals surface area contributed by atoms with Crippen molar-refractivity contribution in [3.63, 3.8) is 0 Å². The molecular weight excluding hydrogens is 199 g/mol. The first kappa shape index (κ1) is 11.1. The highest BCUT2D eigenvalue weighted by molar-refractivity contribution is 6.45. The van der Waals surface area contributed by atoms with E-state index in [9.17, 15) is 0 Å². The maximum absolute atomic E-state index is 8.91. The van der Waals surface area contributed by atoms with Gasteiger partial charge in [-0.15, -0.1) is 0 Å². The number of likely N-dealkylation sites (N-methyl/N-ethyl adjacent to an activating group) is 1. The first-order valence-electron chi connectivity index (χ1n) is 5.34. The second-order valence-corrected chi connectivity index (χ2v) is 3.78. The van der Waals surface area contributed by atoms with Gasteiger partial charge in [-0.3, -0.25) is 4.98 Å². The molecule has 0 aliphatic heterocycles. The Kier molecular flexibility index (Phi) is 3.54. The van der Waals surface area contributed by atoms with E-state index in [1.54, 1.807) is 0 Å². The van der Waals surface area contributed by atoms with E-state index in [4.69, 9.17) is 5.02 Å². The molecule has 3 nitrogen and oxygen atoms in total. The summed E-state index contributed by atoms with van der Waals surface area (Å²) in [5.41, 5.74) is 2.92. The molecule has 0 aliphatic rings. The molecular formula is C12H14BN2O. The zero-order valence-corrected chi connectivity index (χ0v) is 9.27. The molecule has 1 heterocycles. The summed E-state index contributed by atoms with van der Waals surface area (Å²) in [4.78, 5) is 4.38. The van der Waals surface area contributed by atoms with Crippen molar-refractivity contribution in [1.29, 1.82) is 0 Å². The Balaban J connectivity index is 2.32. The lowest BCUT2D eigenvalue weighted by Crippen LogP contribution is -2.13. The van der Waals surface area contributed by atoms with Crippen molar-refractivity contribution < 1.29 is 5.02 Å². The van der Waals surface area contributed by atoms with E-state index in [1.807, 2.05) is 31.4 Å². The van der Waals surface area contributed by atoms with Crippen molar-refractivity contribution >= 4 is 23.8 Å². The number of aromatic nitrogens is 1. The monoisotopic (exact) mass is 213 g/mol. The Bertz CT molecular complexity index is 487. The van der Waals surface area contributed by atoms with Crippen LogP contribution in [0.5, 0.6) is 0 Å². The maximum Gasteiger partial charge on any atom is 0.326 e. The number of hydrogen-bond donors (Lipinski definition) is 2. The van der Waals surface area contributed by atoms with Crippen LogP contribution in [0.1, 0.15) is 5.56 Å². The van der Waals surface area contributed by atoms with Crippen LogP contribution in [0.3, 0.4) is 0 Å². The number of benzene rings is 1. The molecule has 0 amide bonds. The van der Waals surface area contributed by atoms with Gasteiger partial charge in [-0.05, 0) is 37.7 Å². The Labute approximate surface area is 95.8 Å². The molecule has 0 fully saturated rings. The van der Waals surface area contributed by atoms with Crippen molar-refractivity contribution in [2.24, 2.45) is 0 Å². The highest BCUT2D eigenvalue weighted by atomic mass is 16.2. The third kappa shape index (κ3) is 2.40. The third-order valence-corrected chi connectivity index (χ3v) is 2.58. The van der Waals surface area contributed by atoms with Gasteiger partial charge in [0.1, 0.15) is 0 Å². The van der Waals surface area contributed by atoms with Gasteiger partial charge in [0.2, 0.25) is 0 Å². The predicted molar refractivity (Wildman–Crippen MR) is 67.0 cm³/mol. The lowest BCUT2D eigenvalue weighted by atomic mass is 9.88. The number of pyridine rings is 1. The van der Waals surface area contributed by atoms with E-state index in [-0.39, 0.29) is 0 Å². The predicted octanol–water partition coefficient (Wildman–Crippen LogP) is 0.233. The summed E-state index contributed by atoms with van der Waals surface area (Å²) < 4.78 is 0. The number of nitrogens with zero attached hydrogens (tertiary/aromatic N) is 1. The summed E-state index contributed by atoms with van der Waals surface area (Å²) in [6.07, 6.45) is 2.87. The Morgan fingerprint density at radius 2 is 2.25 bits per heavy atom. The van der Waals surface area contributed by atoms with Crippen LogP contribution in [0.25, 0.3) is 10.9 Å². The largest absolute Gasteiger partial charge is 0.450 e. The maximum atomic E-state index is 8.91. The van der Waals surface area contributed by atoms with Gasteiger partial charge < -0.3 is 10.3 Å². The zero-order valence-electron chi connectivity index (χ0n) is 9.27. The first-order chi connectivity index (χ1) is 7.83. The third-order valence-electron chi connectivity index (χ3n) is 2.58. The molecule has 16 heavy (non-hydrogen) atoms. The standard InChI is InChI=1S/C12H14BN2O/c1-14-5-4-9-6-10-2-3-11(13-16)7-12(10)15-8-9/h2-3,6-8,14,16H,4-5H2,1H3. The second-order valence-electron chi connectivity index (χ2n) is 3.78. The van der Waals surface area contributed by atoms with Gasteiger partial charge >= 0.3 is 7.48 Å². The topological polar surface area (TPSA) is 45.2 Å². The van der Waals surface area contributed by atoms with E-state index in [2.05, 4.69) is 16.4 Å². The lowest BCUT2D eigenvalue weighted by molar-refractivity contribution is 0.615. The van der Waals surface area contributed by atoms with Gasteiger partial charge in [-0.1, -0.05) is 17.6 Å². The van der Waals surface area contributed by atoms with Crippen molar-refractivity contribution in [2.45, 2.75) is 6.42 Å². The van der Waals surface area contributed by atoms with Crippen LogP contribution in [-0.2, 0) is 6.42 Å². The first-order valence-corrected chi connectivity index (χ1v) is 5.34. The highest BCUT2D eigenvalue weighted by Gasteiger charge is 2.00. The molecule has 1 aromatic heterocycles. The van der Waals surface area contributed by atoms with Gasteiger partial charge in [0.15, 0.2) is 0 Å². The van der Waals surface area contributed by atoms with Gasteiger partial charge in [0.25, 0.3) is 0 Å². The van der Waals surface area contributed by atoms with E-state index < -0.39 is 0 Å². The van der Waals surface area contributed by atoms with E-state index >= 15 is 0 Å². The quantitative estimate of drug-likeness (QED) is 0.715. The minimum absolute atomic E-state index is 0.781. The lowest BCUT2D eigenvalue weighted by Gasteiger charge is -2.03. The Morgan fingerprint density at radius 3 is 3.00 bits per heavy atom. The summed E-state index contributed by atoms with van der Waals surface area (Å²) in [5, 5.41) is 13.1.